The number of nitrogens with zero attached hydrogens (tertiary/aromatic N) is 3. The third-order valence-electron chi connectivity index (χ3n) is 3.67. The summed E-state index contributed by atoms with van der Waals surface area (Å²) in [6, 6.07) is 12.6. The first-order valence-electron chi connectivity index (χ1n) is 8.40. The Morgan fingerprint density at radius 2 is 1.89 bits per heavy atom. The highest BCUT2D eigenvalue weighted by Gasteiger charge is 2.11. The van der Waals surface area contributed by atoms with E-state index in [0.717, 1.165) is 11.3 Å². The highest BCUT2D eigenvalue weighted by molar-refractivity contribution is 8.00. The maximum absolute atomic E-state index is 12.3. The molecule has 2 N–H and O–H groups in total. The van der Waals surface area contributed by atoms with E-state index < -0.39 is 0 Å². The quantitative estimate of drug-likeness (QED) is 0.616. The summed E-state index contributed by atoms with van der Waals surface area (Å²) in [4.78, 5) is 28.2. The molecule has 3 rings (SSSR count). The molecule has 0 unspecified atom stereocenters. The van der Waals surface area contributed by atoms with Gasteiger partial charge in [-0.25, -0.2) is 9.67 Å². The number of halogens is 1. The minimum absolute atomic E-state index is 0.130. The second-order valence-corrected chi connectivity index (χ2v) is 7.38. The second kappa shape index (κ2) is 9.38. The van der Waals surface area contributed by atoms with Gasteiger partial charge in [-0.1, -0.05) is 23.7 Å². The Labute approximate surface area is 171 Å². The lowest BCUT2D eigenvalue weighted by atomic mass is 10.2. The van der Waals surface area contributed by atoms with Gasteiger partial charge in [-0.3, -0.25) is 9.59 Å². The number of amides is 2. The van der Waals surface area contributed by atoms with Crippen molar-refractivity contribution in [3.63, 3.8) is 0 Å². The van der Waals surface area contributed by atoms with Gasteiger partial charge in [0.1, 0.15) is 12.7 Å². The Hall–Kier alpha value is -2.84. The highest BCUT2D eigenvalue weighted by atomic mass is 35.5. The van der Waals surface area contributed by atoms with Crippen LogP contribution in [0.4, 0.5) is 11.4 Å². The molecule has 0 aliphatic rings. The molecule has 1 heterocycles. The summed E-state index contributed by atoms with van der Waals surface area (Å²) in [5, 5.41) is 10.2. The molecule has 0 bridgehead atoms. The van der Waals surface area contributed by atoms with Crippen LogP contribution >= 0.6 is 23.4 Å². The molecular weight excluding hydrogens is 398 g/mol. The topological polar surface area (TPSA) is 88.9 Å². The molecule has 0 aliphatic carbocycles. The Morgan fingerprint density at radius 3 is 2.61 bits per heavy atom. The summed E-state index contributed by atoms with van der Waals surface area (Å²) in [5.74, 6) is -0.0938. The van der Waals surface area contributed by atoms with Crippen molar-refractivity contribution in [3.05, 3.63) is 65.7 Å². The van der Waals surface area contributed by atoms with Crippen LogP contribution in [0.2, 0.25) is 5.02 Å². The first-order chi connectivity index (χ1) is 13.5. The highest BCUT2D eigenvalue weighted by Crippen LogP contribution is 2.24. The Balaban J connectivity index is 1.52. The molecule has 2 amide bonds. The van der Waals surface area contributed by atoms with E-state index in [0.29, 0.717) is 16.4 Å². The average molecular weight is 416 g/mol. The van der Waals surface area contributed by atoms with E-state index in [2.05, 4.69) is 20.7 Å². The predicted molar refractivity (Wildman–Crippen MR) is 112 cm³/mol. The van der Waals surface area contributed by atoms with Gasteiger partial charge in [-0.05, 0) is 42.8 Å². The Kier molecular flexibility index (Phi) is 6.67. The van der Waals surface area contributed by atoms with Crippen LogP contribution in [0.5, 0.6) is 0 Å². The first kappa shape index (κ1) is 19.9. The monoisotopic (exact) mass is 415 g/mol. The van der Waals surface area contributed by atoms with E-state index in [1.165, 1.54) is 29.1 Å². The van der Waals surface area contributed by atoms with Crippen molar-refractivity contribution < 1.29 is 9.59 Å². The van der Waals surface area contributed by atoms with Crippen molar-refractivity contribution in [2.45, 2.75) is 6.92 Å². The minimum Gasteiger partial charge on any atom is -0.325 e. The number of thioether (sulfide) groups is 1. The minimum atomic E-state index is -0.239. The van der Waals surface area contributed by atoms with Crippen molar-refractivity contribution in [1.82, 2.24) is 14.8 Å². The van der Waals surface area contributed by atoms with E-state index >= 15 is 0 Å². The number of hydrogen-bond acceptors (Lipinski definition) is 5. The molecular formula is C19H18ClN5O2S. The van der Waals surface area contributed by atoms with Gasteiger partial charge in [0.15, 0.2) is 0 Å². The van der Waals surface area contributed by atoms with Gasteiger partial charge in [0.25, 0.3) is 0 Å². The summed E-state index contributed by atoms with van der Waals surface area (Å²) in [5.41, 5.74) is 2.98. The zero-order valence-corrected chi connectivity index (χ0v) is 16.6. The second-order valence-electron chi connectivity index (χ2n) is 5.96. The molecule has 7 nitrogen and oxygen atoms in total. The van der Waals surface area contributed by atoms with Gasteiger partial charge in [0, 0.05) is 10.7 Å². The van der Waals surface area contributed by atoms with Crippen molar-refractivity contribution in [2.24, 2.45) is 0 Å². The average Bonchev–Trinajstić information content (AvgIpc) is 3.16. The summed E-state index contributed by atoms with van der Waals surface area (Å²) in [7, 11) is 0. The number of aryl methyl sites for hydroxylation is 1. The molecule has 0 saturated heterocycles. The Morgan fingerprint density at radius 1 is 1.11 bits per heavy atom. The molecule has 0 atom stereocenters. The lowest BCUT2D eigenvalue weighted by Crippen LogP contribution is -2.19. The zero-order valence-electron chi connectivity index (χ0n) is 15.1. The number of carbonyl (C=O) groups excluding carboxylic acids is 2. The van der Waals surface area contributed by atoms with E-state index in [9.17, 15) is 9.59 Å². The van der Waals surface area contributed by atoms with Crippen molar-refractivity contribution in [2.75, 3.05) is 22.1 Å². The molecule has 0 aliphatic heterocycles. The van der Waals surface area contributed by atoms with Crippen LogP contribution in [0.25, 0.3) is 5.69 Å². The standard InChI is InChI=1S/C19H18ClN5O2S/c1-13-3-2-4-15(7-13)23-18(26)9-28-10-19(27)24-16-8-14(20)5-6-17(16)25-12-21-11-22-25/h2-8,11-12H,9-10H2,1H3,(H,23,26)(H,24,27). The van der Waals surface area contributed by atoms with Gasteiger partial charge in [-0.2, -0.15) is 5.10 Å². The summed E-state index contributed by atoms with van der Waals surface area (Å²) < 4.78 is 1.54. The Bertz CT molecular complexity index is 978. The molecule has 0 spiro atoms. The molecule has 0 saturated carbocycles. The largest absolute Gasteiger partial charge is 0.325 e. The fourth-order valence-corrected chi connectivity index (χ4v) is 3.27. The number of rotatable bonds is 7. The fraction of sp³-hybridized carbons (Fsp3) is 0.158. The SMILES string of the molecule is Cc1cccc(NC(=O)CSCC(=O)Nc2cc(Cl)ccc2-n2cncn2)c1. The zero-order chi connectivity index (χ0) is 19.9. The summed E-state index contributed by atoms with van der Waals surface area (Å²) in [6.07, 6.45) is 2.94. The molecule has 2 aromatic carbocycles. The number of aromatic nitrogens is 3. The molecule has 1 aromatic heterocycles. The van der Waals surface area contributed by atoms with Crippen molar-refractivity contribution >= 4 is 46.6 Å². The maximum atomic E-state index is 12.3. The van der Waals surface area contributed by atoms with Crippen LogP contribution in [0.1, 0.15) is 5.56 Å². The number of hydrogen-bond donors (Lipinski definition) is 2. The predicted octanol–water partition coefficient (Wildman–Crippen LogP) is 3.54. The number of nitrogens with one attached hydrogen (secondary N) is 2. The molecule has 0 fully saturated rings. The summed E-state index contributed by atoms with van der Waals surface area (Å²) in [6.45, 7) is 1.96. The number of anilines is 2. The number of benzene rings is 2. The maximum Gasteiger partial charge on any atom is 0.234 e. The van der Waals surface area contributed by atoms with Crippen LogP contribution in [-0.2, 0) is 9.59 Å². The fourth-order valence-electron chi connectivity index (χ4n) is 2.48. The van der Waals surface area contributed by atoms with Gasteiger partial charge >= 0.3 is 0 Å². The van der Waals surface area contributed by atoms with Crippen LogP contribution in [-0.4, -0.2) is 38.1 Å². The van der Waals surface area contributed by atoms with Crippen LogP contribution in [0, 0.1) is 6.92 Å². The van der Waals surface area contributed by atoms with Gasteiger partial charge in [-0.15, -0.1) is 11.8 Å². The third-order valence-corrected chi connectivity index (χ3v) is 4.83. The number of carbonyl (C=O) groups is 2. The van der Waals surface area contributed by atoms with Crippen LogP contribution < -0.4 is 10.6 Å². The molecule has 0 radical (unpaired) electrons. The van der Waals surface area contributed by atoms with E-state index in [4.69, 9.17) is 11.6 Å². The lowest BCUT2D eigenvalue weighted by Gasteiger charge is -2.11. The third kappa shape index (κ3) is 5.58. The lowest BCUT2D eigenvalue weighted by molar-refractivity contribution is -0.114. The first-order valence-corrected chi connectivity index (χ1v) is 9.93. The molecule has 28 heavy (non-hydrogen) atoms. The molecule has 144 valence electrons. The van der Waals surface area contributed by atoms with Gasteiger partial charge < -0.3 is 10.6 Å². The van der Waals surface area contributed by atoms with E-state index in [1.807, 2.05) is 31.2 Å². The van der Waals surface area contributed by atoms with E-state index in [-0.39, 0.29) is 23.3 Å². The smallest absolute Gasteiger partial charge is 0.234 e. The summed E-state index contributed by atoms with van der Waals surface area (Å²) >= 11 is 7.27. The van der Waals surface area contributed by atoms with Crippen molar-refractivity contribution in [3.8, 4) is 5.69 Å². The van der Waals surface area contributed by atoms with Crippen LogP contribution in [0.3, 0.4) is 0 Å². The van der Waals surface area contributed by atoms with Crippen molar-refractivity contribution in [1.29, 1.82) is 0 Å². The van der Waals surface area contributed by atoms with Crippen LogP contribution in [0.15, 0.2) is 55.1 Å². The molecule has 3 aromatic rings. The molecule has 9 heteroatoms. The van der Waals surface area contributed by atoms with E-state index in [1.54, 1.807) is 18.2 Å². The van der Waals surface area contributed by atoms with Gasteiger partial charge in [0.2, 0.25) is 11.8 Å². The normalized spacial score (nSPS) is 10.5. The van der Waals surface area contributed by atoms with Gasteiger partial charge in [0.05, 0.1) is 22.9 Å².